The summed E-state index contributed by atoms with van der Waals surface area (Å²) >= 11 is 1.73. The number of fused-ring (bicyclic) bond motifs is 1. The van der Waals surface area contributed by atoms with E-state index < -0.39 is 0 Å². The molecule has 0 saturated carbocycles. The van der Waals surface area contributed by atoms with Gasteiger partial charge >= 0.3 is 0 Å². The zero-order valence-corrected chi connectivity index (χ0v) is 20.1. The average molecular weight is 454 g/mol. The van der Waals surface area contributed by atoms with Crippen LogP contribution in [0.5, 0.6) is 11.5 Å². The van der Waals surface area contributed by atoms with Gasteiger partial charge in [-0.25, -0.2) is 4.98 Å². The van der Waals surface area contributed by atoms with Gasteiger partial charge in [0.15, 0.2) is 5.13 Å². The van der Waals surface area contributed by atoms with Crippen molar-refractivity contribution in [1.82, 2.24) is 10.3 Å². The Balaban J connectivity index is 1.37. The van der Waals surface area contributed by atoms with Gasteiger partial charge in [-0.15, -0.1) is 0 Å². The third kappa shape index (κ3) is 4.83. The van der Waals surface area contributed by atoms with E-state index in [-0.39, 0.29) is 11.8 Å². The fourth-order valence-corrected chi connectivity index (χ4v) is 5.58. The minimum Gasteiger partial charge on any atom is -0.497 e. The maximum absolute atomic E-state index is 12.9. The maximum atomic E-state index is 12.9. The van der Waals surface area contributed by atoms with E-state index in [2.05, 4.69) is 36.2 Å². The summed E-state index contributed by atoms with van der Waals surface area (Å²) in [6.45, 7) is 6.46. The molecular formula is C25H31N3O3S. The van der Waals surface area contributed by atoms with Crippen LogP contribution in [0.25, 0.3) is 10.2 Å². The van der Waals surface area contributed by atoms with E-state index in [1.165, 1.54) is 15.8 Å². The van der Waals surface area contributed by atoms with Gasteiger partial charge in [0.25, 0.3) is 0 Å². The van der Waals surface area contributed by atoms with Crippen molar-refractivity contribution in [3.05, 3.63) is 47.0 Å². The number of methoxy groups -OCH3 is 2. The van der Waals surface area contributed by atoms with Crippen LogP contribution in [0, 0.1) is 19.8 Å². The molecule has 0 bridgehead atoms. The van der Waals surface area contributed by atoms with Crippen LogP contribution >= 0.6 is 11.3 Å². The first-order chi connectivity index (χ1) is 15.5. The molecule has 170 valence electrons. The summed E-state index contributed by atoms with van der Waals surface area (Å²) in [4.78, 5) is 20.1. The van der Waals surface area contributed by atoms with Gasteiger partial charge in [0.2, 0.25) is 5.91 Å². The third-order valence-electron chi connectivity index (χ3n) is 6.06. The van der Waals surface area contributed by atoms with E-state index in [9.17, 15) is 4.79 Å². The van der Waals surface area contributed by atoms with E-state index in [4.69, 9.17) is 14.5 Å². The summed E-state index contributed by atoms with van der Waals surface area (Å²) in [5.74, 6) is 1.69. The molecular weight excluding hydrogens is 422 g/mol. The van der Waals surface area contributed by atoms with Crippen molar-refractivity contribution in [2.45, 2.75) is 33.1 Å². The summed E-state index contributed by atoms with van der Waals surface area (Å²) in [7, 11) is 3.31. The predicted octanol–water partition coefficient (Wildman–Crippen LogP) is 4.51. The number of anilines is 1. The second kappa shape index (κ2) is 9.77. The summed E-state index contributed by atoms with van der Waals surface area (Å²) in [5.41, 5.74) is 4.57. The summed E-state index contributed by atoms with van der Waals surface area (Å²) < 4.78 is 12.0. The molecule has 1 aromatic heterocycles. The molecule has 1 aliphatic rings. The van der Waals surface area contributed by atoms with E-state index in [0.717, 1.165) is 47.1 Å². The van der Waals surface area contributed by atoms with Crippen LogP contribution < -0.4 is 19.7 Å². The van der Waals surface area contributed by atoms with E-state index in [1.54, 1.807) is 25.6 Å². The molecule has 1 atom stereocenters. The monoisotopic (exact) mass is 453 g/mol. The first kappa shape index (κ1) is 22.4. The first-order valence-corrected chi connectivity index (χ1v) is 11.9. The van der Waals surface area contributed by atoms with Crippen molar-refractivity contribution in [1.29, 1.82) is 0 Å². The van der Waals surface area contributed by atoms with Gasteiger partial charge < -0.3 is 19.7 Å². The number of nitrogens with zero attached hydrogens (tertiary/aromatic N) is 2. The van der Waals surface area contributed by atoms with Gasteiger partial charge in [-0.2, -0.15) is 0 Å². The molecule has 0 unspecified atom stereocenters. The molecule has 0 radical (unpaired) electrons. The number of benzene rings is 2. The van der Waals surface area contributed by atoms with Gasteiger partial charge in [-0.05, 0) is 74.1 Å². The number of nitrogens with one attached hydrogen (secondary N) is 1. The van der Waals surface area contributed by atoms with Gasteiger partial charge in [-0.3, -0.25) is 4.79 Å². The fraction of sp³-hybridized carbons (Fsp3) is 0.440. The molecule has 1 saturated heterocycles. The largest absolute Gasteiger partial charge is 0.497 e. The van der Waals surface area contributed by atoms with Crippen molar-refractivity contribution in [3.63, 3.8) is 0 Å². The lowest BCUT2D eigenvalue weighted by Crippen LogP contribution is -2.43. The molecule has 1 amide bonds. The Hall–Kier alpha value is -2.80. The summed E-state index contributed by atoms with van der Waals surface area (Å²) in [6.07, 6.45) is 2.60. The number of piperidine rings is 1. The Morgan fingerprint density at radius 2 is 2.06 bits per heavy atom. The Bertz CT molecular complexity index is 1110. The van der Waals surface area contributed by atoms with Gasteiger partial charge in [-0.1, -0.05) is 17.4 Å². The van der Waals surface area contributed by atoms with Crippen molar-refractivity contribution in [2.75, 3.05) is 38.8 Å². The van der Waals surface area contributed by atoms with E-state index >= 15 is 0 Å². The van der Waals surface area contributed by atoms with E-state index in [1.807, 2.05) is 18.2 Å². The fourth-order valence-electron chi connectivity index (χ4n) is 4.40. The number of aromatic nitrogens is 1. The highest BCUT2D eigenvalue weighted by molar-refractivity contribution is 7.22. The normalized spacial score (nSPS) is 16.2. The number of aryl methyl sites for hydroxylation is 2. The standard InChI is InChI=1S/C25H31N3O3S/c1-16-12-17(2)23-22(13-16)32-25(27-23)28-11-5-6-19(15-28)24(29)26-10-9-18-14-20(30-3)7-8-21(18)31-4/h7-8,12-14,19H,5-6,9-11,15H2,1-4H3,(H,26,29)/t19-/m1/s1. The molecule has 1 N–H and O–H groups in total. The first-order valence-electron chi connectivity index (χ1n) is 11.1. The van der Waals surface area contributed by atoms with Crippen molar-refractivity contribution < 1.29 is 14.3 Å². The molecule has 7 heteroatoms. The Morgan fingerprint density at radius 3 is 2.84 bits per heavy atom. The van der Waals surface area contributed by atoms with Crippen LogP contribution in [0.15, 0.2) is 30.3 Å². The van der Waals surface area contributed by atoms with E-state index in [0.29, 0.717) is 19.5 Å². The molecule has 32 heavy (non-hydrogen) atoms. The van der Waals surface area contributed by atoms with Gasteiger partial charge in [0.05, 0.1) is 30.4 Å². The van der Waals surface area contributed by atoms with Crippen LogP contribution in [-0.2, 0) is 11.2 Å². The third-order valence-corrected chi connectivity index (χ3v) is 7.13. The zero-order valence-electron chi connectivity index (χ0n) is 19.2. The highest BCUT2D eigenvalue weighted by Gasteiger charge is 2.27. The second-order valence-electron chi connectivity index (χ2n) is 8.43. The number of carbonyl (C=O) groups excluding carboxylic acids is 1. The molecule has 0 spiro atoms. The number of rotatable bonds is 7. The molecule has 4 rings (SSSR count). The van der Waals surface area contributed by atoms with Crippen molar-refractivity contribution in [2.24, 2.45) is 5.92 Å². The highest BCUT2D eigenvalue weighted by atomic mass is 32.1. The zero-order chi connectivity index (χ0) is 22.7. The van der Waals surface area contributed by atoms with Crippen LogP contribution in [0.4, 0.5) is 5.13 Å². The second-order valence-corrected chi connectivity index (χ2v) is 9.44. The number of carbonyl (C=O) groups is 1. The predicted molar refractivity (Wildman–Crippen MR) is 130 cm³/mol. The number of thiazole rings is 1. The lowest BCUT2D eigenvalue weighted by atomic mass is 9.97. The van der Waals surface area contributed by atoms with Crippen LogP contribution in [0.1, 0.15) is 29.5 Å². The van der Waals surface area contributed by atoms with Crippen LogP contribution in [0.2, 0.25) is 0 Å². The molecule has 0 aliphatic carbocycles. The van der Waals surface area contributed by atoms with Crippen LogP contribution in [0.3, 0.4) is 0 Å². The molecule has 1 aliphatic heterocycles. The van der Waals surface area contributed by atoms with Crippen molar-refractivity contribution in [3.8, 4) is 11.5 Å². The minimum absolute atomic E-state index is 0.0224. The maximum Gasteiger partial charge on any atom is 0.224 e. The van der Waals surface area contributed by atoms with Gasteiger partial charge in [0.1, 0.15) is 11.5 Å². The average Bonchev–Trinajstić information content (AvgIpc) is 3.23. The molecule has 2 heterocycles. The number of amides is 1. The smallest absolute Gasteiger partial charge is 0.224 e. The summed E-state index contributed by atoms with van der Waals surface area (Å²) in [6, 6.07) is 10.1. The molecule has 3 aromatic rings. The van der Waals surface area contributed by atoms with Crippen molar-refractivity contribution >= 4 is 32.6 Å². The Labute approximate surface area is 193 Å². The number of hydrogen-bond donors (Lipinski definition) is 1. The lowest BCUT2D eigenvalue weighted by Gasteiger charge is -2.31. The minimum atomic E-state index is -0.0224. The SMILES string of the molecule is COc1ccc(OC)c(CCNC(=O)[C@@H]2CCCN(c3nc4c(C)cc(C)cc4s3)C2)c1. The molecule has 1 fully saturated rings. The highest BCUT2D eigenvalue weighted by Crippen LogP contribution is 2.33. The number of ether oxygens (including phenoxy) is 2. The van der Waals surface area contributed by atoms with Crippen LogP contribution in [-0.4, -0.2) is 44.7 Å². The quantitative estimate of drug-likeness (QED) is 0.570. The Morgan fingerprint density at radius 1 is 1.22 bits per heavy atom. The topological polar surface area (TPSA) is 63.7 Å². The van der Waals surface area contributed by atoms with Gasteiger partial charge in [0, 0.05) is 19.6 Å². The summed E-state index contributed by atoms with van der Waals surface area (Å²) in [5, 5.41) is 4.15. The number of hydrogen-bond acceptors (Lipinski definition) is 6. The molecule has 6 nitrogen and oxygen atoms in total. The molecule has 2 aromatic carbocycles. The lowest BCUT2D eigenvalue weighted by molar-refractivity contribution is -0.125. The Kier molecular flexibility index (Phi) is 6.84.